The van der Waals surface area contributed by atoms with Gasteiger partial charge in [0.25, 0.3) is 5.79 Å². The van der Waals surface area contributed by atoms with E-state index in [1.807, 2.05) is 5.48 Å². The molecule has 4 N–H and O–H groups in total. The molecule has 0 aliphatic heterocycles. The van der Waals surface area contributed by atoms with Crippen molar-refractivity contribution < 1.29 is 43.2 Å². The van der Waals surface area contributed by atoms with Crippen molar-refractivity contribution in [1.82, 2.24) is 4.98 Å². The van der Waals surface area contributed by atoms with Crippen molar-refractivity contribution in [2.45, 2.75) is 37.8 Å². The molecular formula is C26H24Cl2F2N2O7. The number of alkyl halides is 2. The van der Waals surface area contributed by atoms with Gasteiger partial charge in [-0.1, -0.05) is 41.4 Å². The highest BCUT2D eigenvalue weighted by Crippen LogP contribution is 2.38. The number of nitrogens with zero attached hydrogens (tertiary/aromatic N) is 1. The van der Waals surface area contributed by atoms with Crippen molar-refractivity contribution in [3.8, 4) is 11.5 Å². The number of carbonyl (C=O) groups is 1. The lowest BCUT2D eigenvalue weighted by atomic mass is 10.0. The number of carbonyl (C=O) groups excluding carboxylic acids is 1. The van der Waals surface area contributed by atoms with Gasteiger partial charge >= 0.3 is 12.6 Å². The van der Waals surface area contributed by atoms with E-state index in [4.69, 9.17) is 37.9 Å². The third-order valence-electron chi connectivity index (χ3n) is 6.02. The predicted octanol–water partition coefficient (Wildman–Crippen LogP) is 5.24. The summed E-state index contributed by atoms with van der Waals surface area (Å²) in [6, 6.07) is 9.01. The molecule has 0 amide bonds. The number of aromatic nitrogens is 1. The fourth-order valence-corrected chi connectivity index (χ4v) is 4.19. The first-order chi connectivity index (χ1) is 18.6. The lowest BCUT2D eigenvalue weighted by Crippen LogP contribution is -2.38. The van der Waals surface area contributed by atoms with Crippen LogP contribution in [0, 0.1) is 5.92 Å². The van der Waals surface area contributed by atoms with E-state index in [1.54, 1.807) is 0 Å². The van der Waals surface area contributed by atoms with E-state index in [9.17, 15) is 23.8 Å². The molecule has 39 heavy (non-hydrogen) atoms. The maximum absolute atomic E-state index is 13.1. The first-order valence-electron chi connectivity index (χ1n) is 11.7. The van der Waals surface area contributed by atoms with E-state index in [-0.39, 0.29) is 51.4 Å². The van der Waals surface area contributed by atoms with Crippen LogP contribution in [0.4, 0.5) is 14.5 Å². The highest BCUT2D eigenvalue weighted by molar-refractivity contribution is 6.35. The fourth-order valence-electron chi connectivity index (χ4n) is 3.68. The van der Waals surface area contributed by atoms with E-state index in [0.717, 1.165) is 12.8 Å². The third-order valence-corrected chi connectivity index (χ3v) is 6.67. The summed E-state index contributed by atoms with van der Waals surface area (Å²) < 4.78 is 41.9. The SMILES string of the molecule is O=C(O[C@@H](Cc1c(Cl)cncc1Cl)c1ccc(OC(F)F)c(OCC2CC2)c1)C(O)(O)c1ccc(NO)cc1. The Kier molecular flexibility index (Phi) is 9.08. The molecule has 1 aliphatic rings. The fraction of sp³-hybridized carbons (Fsp3) is 0.308. The van der Waals surface area contributed by atoms with Gasteiger partial charge in [0.1, 0.15) is 6.10 Å². The van der Waals surface area contributed by atoms with Crippen LogP contribution in [0.25, 0.3) is 0 Å². The summed E-state index contributed by atoms with van der Waals surface area (Å²) in [5.41, 5.74) is 2.50. The molecule has 1 saturated carbocycles. The van der Waals surface area contributed by atoms with Crippen LogP contribution >= 0.6 is 23.2 Å². The zero-order chi connectivity index (χ0) is 28.2. The molecule has 1 fully saturated rings. The number of hydrogen-bond acceptors (Lipinski definition) is 9. The molecule has 3 aromatic rings. The molecule has 208 valence electrons. The molecule has 1 heterocycles. The van der Waals surface area contributed by atoms with Crippen LogP contribution in [0.1, 0.15) is 35.6 Å². The molecule has 1 atom stereocenters. The average Bonchev–Trinajstić information content (AvgIpc) is 3.74. The third kappa shape index (κ3) is 7.25. The molecule has 1 aromatic heterocycles. The van der Waals surface area contributed by atoms with Gasteiger partial charge in [-0.05, 0) is 54.2 Å². The second kappa shape index (κ2) is 12.3. The zero-order valence-corrected chi connectivity index (χ0v) is 21.7. The number of benzene rings is 2. The number of hydrogen-bond donors (Lipinski definition) is 4. The van der Waals surface area contributed by atoms with Gasteiger partial charge in [0, 0.05) is 24.4 Å². The van der Waals surface area contributed by atoms with Crippen LogP contribution < -0.4 is 15.0 Å². The van der Waals surface area contributed by atoms with Crippen molar-refractivity contribution in [2.24, 2.45) is 5.92 Å². The summed E-state index contributed by atoms with van der Waals surface area (Å²) in [4.78, 5) is 17.0. The molecule has 0 radical (unpaired) electrons. The number of halogens is 4. The van der Waals surface area contributed by atoms with Crippen molar-refractivity contribution >= 4 is 34.9 Å². The van der Waals surface area contributed by atoms with Crippen molar-refractivity contribution in [3.05, 3.63) is 81.6 Å². The van der Waals surface area contributed by atoms with Gasteiger partial charge in [-0.2, -0.15) is 8.78 Å². The lowest BCUT2D eigenvalue weighted by Gasteiger charge is -2.26. The minimum Gasteiger partial charge on any atom is -0.489 e. The number of anilines is 1. The topological polar surface area (TPSA) is 130 Å². The Balaban J connectivity index is 1.68. The highest BCUT2D eigenvalue weighted by atomic mass is 35.5. The molecule has 0 saturated heterocycles. The van der Waals surface area contributed by atoms with Crippen molar-refractivity contribution in [1.29, 1.82) is 0 Å². The summed E-state index contributed by atoms with van der Waals surface area (Å²) in [6.45, 7) is -2.82. The van der Waals surface area contributed by atoms with Gasteiger partial charge in [0.15, 0.2) is 11.5 Å². The largest absolute Gasteiger partial charge is 0.489 e. The first-order valence-corrected chi connectivity index (χ1v) is 12.5. The maximum Gasteiger partial charge on any atom is 0.387 e. The van der Waals surface area contributed by atoms with E-state index in [2.05, 4.69) is 9.72 Å². The minimum absolute atomic E-state index is 0.000904. The molecule has 0 bridgehead atoms. The lowest BCUT2D eigenvalue weighted by molar-refractivity contribution is -0.219. The Morgan fingerprint density at radius 1 is 1.08 bits per heavy atom. The van der Waals surface area contributed by atoms with E-state index in [0.29, 0.717) is 11.5 Å². The van der Waals surface area contributed by atoms with Crippen molar-refractivity contribution in [2.75, 3.05) is 12.1 Å². The predicted molar refractivity (Wildman–Crippen MR) is 136 cm³/mol. The Morgan fingerprint density at radius 2 is 1.74 bits per heavy atom. The van der Waals surface area contributed by atoms with Crippen LogP contribution in [-0.4, -0.2) is 39.6 Å². The summed E-state index contributed by atoms with van der Waals surface area (Å²) in [5.74, 6) is -4.43. The van der Waals surface area contributed by atoms with Gasteiger partial charge < -0.3 is 24.4 Å². The van der Waals surface area contributed by atoms with Crippen LogP contribution in [0.3, 0.4) is 0 Å². The summed E-state index contributed by atoms with van der Waals surface area (Å²) in [5, 5.41) is 30.6. The van der Waals surface area contributed by atoms with Crippen molar-refractivity contribution in [3.63, 3.8) is 0 Å². The average molecular weight is 585 g/mol. The van der Waals surface area contributed by atoms with Gasteiger partial charge in [-0.25, -0.2) is 4.79 Å². The summed E-state index contributed by atoms with van der Waals surface area (Å²) in [7, 11) is 0. The Bertz CT molecular complexity index is 1290. The molecule has 9 nitrogen and oxygen atoms in total. The quantitative estimate of drug-likeness (QED) is 0.128. The van der Waals surface area contributed by atoms with Gasteiger partial charge in [0.05, 0.1) is 22.3 Å². The molecule has 0 unspecified atom stereocenters. The number of nitrogens with one attached hydrogen (secondary N) is 1. The normalized spacial score (nSPS) is 14.2. The smallest absolute Gasteiger partial charge is 0.387 e. The van der Waals surface area contributed by atoms with Crippen LogP contribution in [0.2, 0.25) is 10.0 Å². The number of esters is 1. The van der Waals surface area contributed by atoms with Crippen LogP contribution in [0.5, 0.6) is 11.5 Å². The van der Waals surface area contributed by atoms with E-state index in [1.165, 1.54) is 54.9 Å². The molecule has 1 aliphatic carbocycles. The molecule has 4 rings (SSSR count). The van der Waals surface area contributed by atoms with Gasteiger partial charge in [0.2, 0.25) is 0 Å². The van der Waals surface area contributed by atoms with Gasteiger partial charge in [-0.3, -0.25) is 15.7 Å². The summed E-state index contributed by atoms with van der Waals surface area (Å²) >= 11 is 12.6. The van der Waals surface area contributed by atoms with Crippen LogP contribution in [-0.2, 0) is 21.7 Å². The Labute approximate surface area is 231 Å². The van der Waals surface area contributed by atoms with Gasteiger partial charge in [-0.15, -0.1) is 0 Å². The number of ether oxygens (including phenoxy) is 3. The molecule has 2 aromatic carbocycles. The number of pyridine rings is 1. The second-order valence-electron chi connectivity index (χ2n) is 8.88. The second-order valence-corrected chi connectivity index (χ2v) is 9.69. The molecular weight excluding hydrogens is 561 g/mol. The minimum atomic E-state index is -3.10. The van der Waals surface area contributed by atoms with E-state index >= 15 is 0 Å². The Morgan fingerprint density at radius 3 is 2.33 bits per heavy atom. The Hall–Kier alpha value is -3.22. The standard InChI is InChI=1S/C26H24Cl2F2N2O7/c27-19-11-31-12-20(28)18(19)10-22(38-24(33)26(34,35)16-4-6-17(32-36)7-5-16)15-3-8-21(39-25(29)30)23(9-15)37-13-14-1-2-14/h3-9,11-12,14,22,25,32,34-36H,1-2,10,13H2/t22-/m0/s1. The molecule has 13 heteroatoms. The zero-order valence-electron chi connectivity index (χ0n) is 20.2. The summed E-state index contributed by atoms with van der Waals surface area (Å²) in [6.07, 6.45) is 3.22. The molecule has 0 spiro atoms. The van der Waals surface area contributed by atoms with Crippen LogP contribution in [0.15, 0.2) is 54.9 Å². The first kappa shape index (κ1) is 28.8. The monoisotopic (exact) mass is 584 g/mol. The highest BCUT2D eigenvalue weighted by Gasteiger charge is 2.39. The van der Waals surface area contributed by atoms with E-state index < -0.39 is 24.5 Å². The number of rotatable bonds is 12. The number of aliphatic hydroxyl groups is 2. The maximum atomic E-state index is 13.1.